The molecule has 1 rings (SSSR count). The van der Waals surface area contributed by atoms with Gasteiger partial charge in [-0.3, -0.25) is 0 Å². The Morgan fingerprint density at radius 2 is 2.54 bits per heavy atom. The van der Waals surface area contributed by atoms with Crippen LogP contribution in [-0.2, 0) is 6.54 Å². The van der Waals surface area contributed by atoms with Gasteiger partial charge in [0.15, 0.2) is 5.96 Å². The number of guanidine groups is 1. The zero-order valence-corrected chi connectivity index (χ0v) is 8.69. The summed E-state index contributed by atoms with van der Waals surface area (Å²) in [6, 6.07) is 0. The molecule has 1 aromatic rings. The molecule has 0 unspecified atom stereocenters. The predicted molar refractivity (Wildman–Crippen MR) is 55.9 cm³/mol. The van der Waals surface area contributed by atoms with Crippen molar-refractivity contribution in [2.75, 3.05) is 6.54 Å². The Morgan fingerprint density at radius 1 is 1.77 bits per heavy atom. The third-order valence-corrected chi connectivity index (χ3v) is 2.36. The van der Waals surface area contributed by atoms with E-state index in [1.54, 1.807) is 11.3 Å². The number of nitrogens with zero attached hydrogens (tertiary/aromatic N) is 2. The van der Waals surface area contributed by atoms with E-state index in [1.165, 1.54) is 0 Å². The molecule has 0 aliphatic carbocycles. The summed E-state index contributed by atoms with van der Waals surface area (Å²) < 4.78 is 0. The Kier molecular flexibility index (Phi) is 3.70. The Bertz CT molecular complexity index is 292. The topological polar surface area (TPSA) is 63.3 Å². The second kappa shape index (κ2) is 4.81. The quantitative estimate of drug-likeness (QED) is 0.559. The highest BCUT2D eigenvalue weighted by Gasteiger charge is 1.96. The Hall–Kier alpha value is -1.10. The van der Waals surface area contributed by atoms with E-state index in [4.69, 9.17) is 5.73 Å². The molecule has 4 nitrogen and oxygen atoms in total. The van der Waals surface area contributed by atoms with Gasteiger partial charge in [-0.1, -0.05) is 0 Å². The van der Waals surface area contributed by atoms with Crippen LogP contribution in [0.1, 0.15) is 17.6 Å². The maximum atomic E-state index is 5.55. The third kappa shape index (κ3) is 3.42. The first-order valence-electron chi connectivity index (χ1n) is 4.17. The first kappa shape index (κ1) is 9.98. The lowest BCUT2D eigenvalue weighted by atomic mass is 10.6. The maximum absolute atomic E-state index is 5.55. The average Bonchev–Trinajstić information content (AvgIpc) is 2.49. The number of aryl methyl sites for hydroxylation is 1. The summed E-state index contributed by atoms with van der Waals surface area (Å²) in [4.78, 5) is 8.40. The number of nitrogens with two attached hydrogens (primary N) is 1. The number of thiazole rings is 1. The summed E-state index contributed by atoms with van der Waals surface area (Å²) in [6.07, 6.45) is 0. The van der Waals surface area contributed by atoms with Gasteiger partial charge in [-0.15, -0.1) is 11.3 Å². The lowest BCUT2D eigenvalue weighted by Crippen LogP contribution is -2.31. The number of nitrogens with one attached hydrogen (secondary N) is 1. The van der Waals surface area contributed by atoms with Crippen molar-refractivity contribution in [3.63, 3.8) is 0 Å². The van der Waals surface area contributed by atoms with E-state index in [0.717, 1.165) is 17.2 Å². The zero-order valence-electron chi connectivity index (χ0n) is 7.87. The number of aliphatic imine (C=N–C) groups is 1. The molecule has 72 valence electrons. The van der Waals surface area contributed by atoms with Gasteiger partial charge in [-0.2, -0.15) is 0 Å². The van der Waals surface area contributed by atoms with Gasteiger partial charge in [0.2, 0.25) is 0 Å². The van der Waals surface area contributed by atoms with Crippen LogP contribution < -0.4 is 11.1 Å². The molecule has 0 saturated carbocycles. The van der Waals surface area contributed by atoms with E-state index in [0.29, 0.717) is 12.5 Å². The molecule has 0 saturated heterocycles. The molecule has 1 heterocycles. The first-order valence-corrected chi connectivity index (χ1v) is 5.05. The van der Waals surface area contributed by atoms with Gasteiger partial charge in [-0.25, -0.2) is 9.98 Å². The van der Waals surface area contributed by atoms with Crippen molar-refractivity contribution in [3.05, 3.63) is 16.1 Å². The van der Waals surface area contributed by atoms with Gasteiger partial charge in [-0.05, 0) is 13.8 Å². The molecular weight excluding hydrogens is 184 g/mol. The lowest BCUT2D eigenvalue weighted by Gasteiger charge is -1.99. The molecule has 0 aromatic carbocycles. The van der Waals surface area contributed by atoms with Gasteiger partial charge in [0, 0.05) is 17.6 Å². The number of hydrogen-bond donors (Lipinski definition) is 2. The highest BCUT2D eigenvalue weighted by Crippen LogP contribution is 2.09. The van der Waals surface area contributed by atoms with Gasteiger partial charge in [0.25, 0.3) is 0 Å². The summed E-state index contributed by atoms with van der Waals surface area (Å²) >= 11 is 1.61. The van der Waals surface area contributed by atoms with Crippen LogP contribution in [0.5, 0.6) is 0 Å². The fourth-order valence-electron chi connectivity index (χ4n) is 0.865. The molecule has 1 aromatic heterocycles. The van der Waals surface area contributed by atoms with Gasteiger partial charge < -0.3 is 11.1 Å². The van der Waals surface area contributed by atoms with Crippen LogP contribution in [0.15, 0.2) is 10.4 Å². The summed E-state index contributed by atoms with van der Waals surface area (Å²) in [5, 5.41) is 5.93. The van der Waals surface area contributed by atoms with Crippen molar-refractivity contribution in [1.82, 2.24) is 10.3 Å². The standard InChI is InChI=1S/C8H14N4S/c1-3-10-8(9)11-4-7-12-6(2)5-13-7/h5H,3-4H2,1-2H3,(H3,9,10,11). The molecule has 0 spiro atoms. The number of hydrogen-bond acceptors (Lipinski definition) is 3. The molecule has 0 fully saturated rings. The largest absolute Gasteiger partial charge is 0.370 e. The van der Waals surface area contributed by atoms with E-state index in [2.05, 4.69) is 15.3 Å². The lowest BCUT2D eigenvalue weighted by molar-refractivity contribution is 0.919. The van der Waals surface area contributed by atoms with Crippen LogP contribution in [-0.4, -0.2) is 17.5 Å². The number of rotatable bonds is 3. The Balaban J connectivity index is 2.46. The van der Waals surface area contributed by atoms with E-state index in [1.807, 2.05) is 19.2 Å². The third-order valence-electron chi connectivity index (χ3n) is 1.41. The van der Waals surface area contributed by atoms with Gasteiger partial charge in [0.1, 0.15) is 5.01 Å². The van der Waals surface area contributed by atoms with Crippen molar-refractivity contribution < 1.29 is 0 Å². The fourth-order valence-corrected chi connectivity index (χ4v) is 1.56. The van der Waals surface area contributed by atoms with Crippen LogP contribution in [0.4, 0.5) is 0 Å². The molecule has 13 heavy (non-hydrogen) atoms. The monoisotopic (exact) mass is 198 g/mol. The predicted octanol–water partition coefficient (Wildman–Crippen LogP) is 0.876. The van der Waals surface area contributed by atoms with E-state index >= 15 is 0 Å². The number of aromatic nitrogens is 1. The van der Waals surface area contributed by atoms with Crippen molar-refractivity contribution in [2.24, 2.45) is 10.7 Å². The van der Waals surface area contributed by atoms with Crippen LogP contribution in [0.25, 0.3) is 0 Å². The van der Waals surface area contributed by atoms with E-state index < -0.39 is 0 Å². The molecule has 0 aliphatic rings. The van der Waals surface area contributed by atoms with Crippen LogP contribution in [0.2, 0.25) is 0 Å². The minimum absolute atomic E-state index is 0.482. The molecule has 0 atom stereocenters. The molecular formula is C8H14N4S. The zero-order chi connectivity index (χ0) is 9.68. The molecule has 0 bridgehead atoms. The fraction of sp³-hybridized carbons (Fsp3) is 0.500. The summed E-state index contributed by atoms with van der Waals surface area (Å²) in [6.45, 7) is 5.32. The summed E-state index contributed by atoms with van der Waals surface area (Å²) in [5.74, 6) is 0.482. The molecule has 0 amide bonds. The van der Waals surface area contributed by atoms with Gasteiger partial charge >= 0.3 is 0 Å². The SMILES string of the molecule is CCNC(N)=NCc1nc(C)cs1. The molecule has 0 aliphatic heterocycles. The highest BCUT2D eigenvalue weighted by atomic mass is 32.1. The second-order valence-corrected chi connectivity index (χ2v) is 3.56. The average molecular weight is 198 g/mol. The van der Waals surface area contributed by atoms with Crippen LogP contribution in [0, 0.1) is 6.92 Å². The van der Waals surface area contributed by atoms with Crippen molar-refractivity contribution >= 4 is 17.3 Å². The van der Waals surface area contributed by atoms with Gasteiger partial charge in [0.05, 0.1) is 6.54 Å². The molecule has 3 N–H and O–H groups in total. The molecule has 5 heteroatoms. The maximum Gasteiger partial charge on any atom is 0.188 e. The highest BCUT2D eigenvalue weighted by molar-refractivity contribution is 7.09. The molecule has 0 radical (unpaired) electrons. The Morgan fingerprint density at radius 3 is 3.08 bits per heavy atom. The van der Waals surface area contributed by atoms with E-state index in [-0.39, 0.29) is 0 Å². The van der Waals surface area contributed by atoms with Crippen molar-refractivity contribution in [2.45, 2.75) is 20.4 Å². The summed E-state index contributed by atoms with van der Waals surface area (Å²) in [5.41, 5.74) is 6.59. The van der Waals surface area contributed by atoms with E-state index in [9.17, 15) is 0 Å². The smallest absolute Gasteiger partial charge is 0.188 e. The first-order chi connectivity index (χ1) is 6.22. The normalized spacial score (nSPS) is 11.7. The minimum atomic E-state index is 0.482. The van der Waals surface area contributed by atoms with Crippen molar-refractivity contribution in [1.29, 1.82) is 0 Å². The second-order valence-electron chi connectivity index (χ2n) is 2.61. The summed E-state index contributed by atoms with van der Waals surface area (Å²) in [7, 11) is 0. The Labute approximate surface area is 81.9 Å². The van der Waals surface area contributed by atoms with Crippen LogP contribution in [0.3, 0.4) is 0 Å². The van der Waals surface area contributed by atoms with Crippen LogP contribution >= 0.6 is 11.3 Å². The van der Waals surface area contributed by atoms with Crippen molar-refractivity contribution in [3.8, 4) is 0 Å². The minimum Gasteiger partial charge on any atom is -0.370 e.